The Balaban J connectivity index is 2.55. The van der Waals surface area contributed by atoms with E-state index in [1.54, 1.807) is 11.3 Å². The Morgan fingerprint density at radius 3 is 3.13 bits per heavy atom. The van der Waals surface area contributed by atoms with Crippen molar-refractivity contribution in [3.05, 3.63) is 33.1 Å². The molecule has 0 radical (unpaired) electrons. The number of hydrogen-bond donors (Lipinski definition) is 1. The van der Waals surface area contributed by atoms with Gasteiger partial charge in [-0.15, -0.1) is 11.3 Å². The molecule has 5 nitrogen and oxygen atoms in total. The van der Waals surface area contributed by atoms with Crippen LogP contribution in [0.1, 0.15) is 10.6 Å². The minimum Gasteiger partial charge on any atom is -0.384 e. The van der Waals surface area contributed by atoms with Crippen LogP contribution >= 0.6 is 11.3 Å². The molecule has 0 spiro atoms. The summed E-state index contributed by atoms with van der Waals surface area (Å²) in [6, 6.07) is 3.84. The number of hydrogen-bond acceptors (Lipinski definition) is 4. The van der Waals surface area contributed by atoms with E-state index in [0.717, 1.165) is 20.7 Å². The second kappa shape index (κ2) is 3.76. The molecule has 0 aliphatic rings. The molecule has 6 heteroatoms. The normalized spacial score (nSPS) is 10.2. The Hall–Kier alpha value is -1.78. The average molecular weight is 219 g/mol. The van der Waals surface area contributed by atoms with Crippen molar-refractivity contribution in [2.24, 2.45) is 5.11 Å². The molecule has 0 bridgehead atoms. The van der Waals surface area contributed by atoms with Crippen LogP contribution in [0.25, 0.3) is 20.5 Å². The number of nitrogen functional groups attached to an aromatic ring is 1. The van der Waals surface area contributed by atoms with Crippen LogP contribution in [0.15, 0.2) is 17.2 Å². The summed E-state index contributed by atoms with van der Waals surface area (Å²) < 4.78 is 1.09. The maximum absolute atomic E-state index is 8.23. The molecule has 2 N–H and O–H groups in total. The largest absolute Gasteiger partial charge is 0.384 e. The Bertz CT molecular complexity index is 553. The summed E-state index contributed by atoms with van der Waals surface area (Å²) in [5, 5.41) is 4.61. The zero-order valence-corrected chi connectivity index (χ0v) is 8.95. The van der Waals surface area contributed by atoms with E-state index < -0.39 is 0 Å². The molecular weight excluding hydrogens is 210 g/mol. The highest BCUT2D eigenvalue weighted by Crippen LogP contribution is 2.29. The third-order valence-corrected chi connectivity index (χ3v) is 3.13. The molecule has 0 saturated carbocycles. The van der Waals surface area contributed by atoms with Crippen molar-refractivity contribution in [1.29, 1.82) is 0 Å². The second-order valence-electron chi connectivity index (χ2n) is 3.15. The Morgan fingerprint density at radius 2 is 2.40 bits per heavy atom. The summed E-state index contributed by atoms with van der Waals surface area (Å²) in [6.45, 7) is 2.30. The summed E-state index contributed by atoms with van der Waals surface area (Å²) >= 11 is 1.58. The zero-order valence-electron chi connectivity index (χ0n) is 8.14. The van der Waals surface area contributed by atoms with Gasteiger partial charge in [0.05, 0.1) is 6.54 Å². The van der Waals surface area contributed by atoms with E-state index in [2.05, 4.69) is 15.0 Å². The summed E-state index contributed by atoms with van der Waals surface area (Å²) in [6.07, 6.45) is 0. The molecule has 0 aliphatic carbocycles. The molecule has 0 atom stereocenters. The number of nitrogens with zero attached hydrogens (tertiary/aromatic N) is 4. The topological polar surface area (TPSA) is 87.7 Å². The van der Waals surface area contributed by atoms with Gasteiger partial charge in [-0.3, -0.25) is 0 Å². The van der Waals surface area contributed by atoms with E-state index in [9.17, 15) is 0 Å². The number of fused-ring (bicyclic) bond motifs is 1. The molecule has 0 amide bonds. The third kappa shape index (κ3) is 1.86. The van der Waals surface area contributed by atoms with Crippen molar-refractivity contribution in [1.82, 2.24) is 4.98 Å². The monoisotopic (exact) mass is 219 g/mol. The number of azide groups is 1. The summed E-state index contributed by atoms with van der Waals surface area (Å²) in [4.78, 5) is 7.94. The van der Waals surface area contributed by atoms with Gasteiger partial charge in [-0.2, -0.15) is 0 Å². The number of pyridine rings is 1. The fourth-order valence-corrected chi connectivity index (χ4v) is 2.53. The van der Waals surface area contributed by atoms with Gasteiger partial charge in [0.15, 0.2) is 0 Å². The molecule has 0 aromatic carbocycles. The van der Waals surface area contributed by atoms with Gasteiger partial charge in [0.1, 0.15) is 5.82 Å². The van der Waals surface area contributed by atoms with E-state index in [-0.39, 0.29) is 0 Å². The van der Waals surface area contributed by atoms with Gasteiger partial charge >= 0.3 is 0 Å². The quantitative estimate of drug-likeness (QED) is 0.478. The number of aromatic nitrogens is 1. The first kappa shape index (κ1) is 9.76. The predicted octanol–water partition coefficient (Wildman–Crippen LogP) is 3.00. The highest BCUT2D eigenvalue weighted by atomic mass is 32.1. The van der Waals surface area contributed by atoms with Gasteiger partial charge in [0, 0.05) is 25.6 Å². The Morgan fingerprint density at radius 1 is 1.60 bits per heavy atom. The van der Waals surface area contributed by atoms with Crippen LogP contribution in [0.2, 0.25) is 0 Å². The van der Waals surface area contributed by atoms with Crippen LogP contribution in [0, 0.1) is 6.92 Å². The molecule has 2 rings (SSSR count). The second-order valence-corrected chi connectivity index (χ2v) is 4.31. The van der Waals surface area contributed by atoms with E-state index in [1.807, 2.05) is 19.1 Å². The van der Waals surface area contributed by atoms with Crippen LogP contribution in [0.3, 0.4) is 0 Å². The van der Waals surface area contributed by atoms with Gasteiger partial charge in [-0.05, 0) is 24.6 Å². The minimum absolute atomic E-state index is 0.384. The number of rotatable bonds is 2. The van der Waals surface area contributed by atoms with Crippen molar-refractivity contribution in [3.63, 3.8) is 0 Å². The standard InChI is InChI=1S/C9H9N5S/c1-5-7-2-6(4-12-14-11)15-8(7)3-9(10)13-5/h2-3H,4H2,1H3,(H2,10,13). The van der Waals surface area contributed by atoms with Crippen LogP contribution in [-0.4, -0.2) is 4.98 Å². The SMILES string of the molecule is Cc1nc(N)cc2sc(CN=[N+]=[N-])cc12. The van der Waals surface area contributed by atoms with E-state index in [4.69, 9.17) is 11.3 Å². The molecule has 0 aliphatic heterocycles. The van der Waals surface area contributed by atoms with Crippen LogP contribution in [0.4, 0.5) is 5.82 Å². The van der Waals surface area contributed by atoms with Crippen molar-refractivity contribution >= 4 is 27.2 Å². The maximum Gasteiger partial charge on any atom is 0.125 e. The van der Waals surface area contributed by atoms with Crippen LogP contribution < -0.4 is 5.73 Å². The van der Waals surface area contributed by atoms with Crippen molar-refractivity contribution < 1.29 is 0 Å². The first-order chi connectivity index (χ1) is 7.20. The lowest BCUT2D eigenvalue weighted by Gasteiger charge is -1.96. The average Bonchev–Trinajstić information content (AvgIpc) is 2.57. The number of anilines is 1. The maximum atomic E-state index is 8.23. The van der Waals surface area contributed by atoms with Crippen molar-refractivity contribution in [2.75, 3.05) is 5.73 Å². The highest BCUT2D eigenvalue weighted by Gasteiger charge is 2.05. The summed E-state index contributed by atoms with van der Waals surface area (Å²) in [5.41, 5.74) is 14.8. The van der Waals surface area contributed by atoms with Gasteiger partial charge < -0.3 is 5.73 Å². The highest BCUT2D eigenvalue weighted by molar-refractivity contribution is 7.19. The van der Waals surface area contributed by atoms with E-state index in [0.29, 0.717) is 12.4 Å². The lowest BCUT2D eigenvalue weighted by atomic mass is 10.2. The van der Waals surface area contributed by atoms with Gasteiger partial charge in [0.25, 0.3) is 0 Å². The van der Waals surface area contributed by atoms with Crippen molar-refractivity contribution in [2.45, 2.75) is 13.5 Å². The molecule has 76 valence electrons. The predicted molar refractivity (Wildman–Crippen MR) is 61.6 cm³/mol. The fourth-order valence-electron chi connectivity index (χ4n) is 1.45. The smallest absolute Gasteiger partial charge is 0.125 e. The lowest BCUT2D eigenvalue weighted by molar-refractivity contribution is 1.08. The molecule has 0 unspecified atom stereocenters. The molecule has 0 saturated heterocycles. The molecule has 2 heterocycles. The van der Waals surface area contributed by atoms with E-state index >= 15 is 0 Å². The Labute approximate surface area is 90.2 Å². The van der Waals surface area contributed by atoms with Gasteiger partial charge in [0.2, 0.25) is 0 Å². The number of nitrogens with two attached hydrogens (primary N) is 1. The Kier molecular flexibility index (Phi) is 2.45. The van der Waals surface area contributed by atoms with E-state index in [1.165, 1.54) is 0 Å². The molecule has 0 fully saturated rings. The molecule has 15 heavy (non-hydrogen) atoms. The summed E-state index contributed by atoms with van der Waals surface area (Å²) in [7, 11) is 0. The number of aryl methyl sites for hydroxylation is 1. The van der Waals surface area contributed by atoms with Crippen LogP contribution in [0.5, 0.6) is 0 Å². The van der Waals surface area contributed by atoms with Crippen LogP contribution in [-0.2, 0) is 6.54 Å². The third-order valence-electron chi connectivity index (χ3n) is 2.07. The zero-order chi connectivity index (χ0) is 10.8. The summed E-state index contributed by atoms with van der Waals surface area (Å²) in [5.74, 6) is 0.525. The fraction of sp³-hybridized carbons (Fsp3) is 0.222. The minimum atomic E-state index is 0.384. The molecule has 2 aromatic heterocycles. The number of thiophene rings is 1. The van der Waals surface area contributed by atoms with Gasteiger partial charge in [-0.1, -0.05) is 5.11 Å². The van der Waals surface area contributed by atoms with Crippen molar-refractivity contribution in [3.8, 4) is 0 Å². The molecule has 2 aromatic rings. The first-order valence-corrected chi connectivity index (χ1v) is 5.19. The first-order valence-electron chi connectivity index (χ1n) is 4.37. The molecular formula is C9H9N5S. The lowest BCUT2D eigenvalue weighted by Crippen LogP contribution is -1.90. The van der Waals surface area contributed by atoms with Gasteiger partial charge in [-0.25, -0.2) is 4.98 Å².